The van der Waals surface area contributed by atoms with Gasteiger partial charge in [-0.05, 0) is 52.5 Å². The number of benzene rings is 1. The summed E-state index contributed by atoms with van der Waals surface area (Å²) >= 11 is 0. The van der Waals surface area contributed by atoms with Crippen molar-refractivity contribution in [2.75, 3.05) is 5.75 Å². The Morgan fingerprint density at radius 3 is 2.25 bits per heavy atom. The maximum atomic E-state index is 14.8. The number of hydrogen-bond donors (Lipinski definition) is 1. The minimum Gasteiger partial charge on any atom is -0.464 e. The lowest BCUT2D eigenvalue weighted by Gasteiger charge is -2.41. The molecule has 0 radical (unpaired) electrons. The van der Waals surface area contributed by atoms with Gasteiger partial charge in [0.25, 0.3) is 5.69 Å². The van der Waals surface area contributed by atoms with Gasteiger partial charge >= 0.3 is 12.2 Å². The average molecular weight is 530 g/mol. The van der Waals surface area contributed by atoms with Crippen LogP contribution in [0.4, 0.5) is 19.7 Å². The molecule has 13 heteroatoms. The van der Waals surface area contributed by atoms with Crippen LogP contribution in [0.15, 0.2) is 23.2 Å². The monoisotopic (exact) mass is 529 g/mol. The molecule has 0 unspecified atom stereocenters. The summed E-state index contributed by atoms with van der Waals surface area (Å²) in [5.41, 5.74) is -4.34. The number of ether oxygens (including phenoxy) is 1. The van der Waals surface area contributed by atoms with Gasteiger partial charge in [0.15, 0.2) is 9.84 Å². The van der Waals surface area contributed by atoms with Crippen LogP contribution in [-0.2, 0) is 20.1 Å². The summed E-state index contributed by atoms with van der Waals surface area (Å²) in [6, 6.07) is 2.56. The molecule has 2 amide bonds. The van der Waals surface area contributed by atoms with Crippen molar-refractivity contribution in [2.45, 2.75) is 77.7 Å². The first kappa shape index (κ1) is 29.1. The van der Waals surface area contributed by atoms with Crippen molar-refractivity contribution in [1.29, 1.82) is 0 Å². The molecule has 36 heavy (non-hydrogen) atoms. The number of non-ortho nitro benzene ring substituents is 1. The van der Waals surface area contributed by atoms with Crippen molar-refractivity contribution < 1.29 is 37.2 Å². The predicted molar refractivity (Wildman–Crippen MR) is 130 cm³/mol. The van der Waals surface area contributed by atoms with Crippen LogP contribution in [0.1, 0.15) is 67.4 Å². The van der Waals surface area contributed by atoms with Crippen LogP contribution in [0.5, 0.6) is 0 Å². The second-order valence-corrected chi connectivity index (χ2v) is 13.9. The fourth-order valence-electron chi connectivity index (χ4n) is 4.44. The van der Waals surface area contributed by atoms with Crippen molar-refractivity contribution in [1.82, 2.24) is 4.90 Å². The number of carbonyl (C=O) groups is 2. The molecule has 1 aromatic rings. The maximum Gasteiger partial charge on any atom is 0.425 e. The van der Waals surface area contributed by atoms with E-state index in [0.29, 0.717) is 6.42 Å². The third-order valence-electron chi connectivity index (χ3n) is 5.79. The molecule has 11 nitrogen and oxygen atoms in total. The Balaban J connectivity index is 2.74. The van der Waals surface area contributed by atoms with Crippen LogP contribution >= 0.6 is 0 Å². The van der Waals surface area contributed by atoms with Gasteiger partial charge in [-0.15, -0.1) is 0 Å². The van der Waals surface area contributed by atoms with Gasteiger partial charge < -0.3 is 9.84 Å². The molecule has 200 valence electrons. The molecule has 1 aliphatic rings. The van der Waals surface area contributed by atoms with Crippen LogP contribution in [-0.4, -0.2) is 57.5 Å². The minimum atomic E-state index is -4.28. The topological polar surface area (TPSA) is 156 Å². The number of hydrogen-bond acceptors (Lipinski definition) is 8. The van der Waals surface area contributed by atoms with Crippen LogP contribution in [0, 0.1) is 21.3 Å². The van der Waals surface area contributed by atoms with E-state index in [1.54, 1.807) is 13.8 Å². The Hall–Kier alpha value is -3.09. The number of amides is 2. The third kappa shape index (κ3) is 5.82. The molecule has 1 heterocycles. The zero-order chi connectivity index (χ0) is 28.1. The first-order valence-electron chi connectivity index (χ1n) is 11.1. The number of amidine groups is 1. The molecule has 1 aromatic carbocycles. The highest BCUT2D eigenvalue weighted by molar-refractivity contribution is 7.93. The standard InChI is InChI=1S/C23H32FN3O8S/c1-20(2,3)12-21(4,5)35-19(30)26(18(28)29)17-22(6,7)36(33,34)13-23(8,25-17)15-11-14(27(31)32)9-10-16(15)24/h9-11H,12-13H2,1-8H3,(H,28,29)/t23-/m0/s1. The van der Waals surface area contributed by atoms with Crippen molar-refractivity contribution in [2.24, 2.45) is 10.4 Å². The number of nitro groups is 1. The van der Waals surface area contributed by atoms with E-state index in [0.717, 1.165) is 18.2 Å². The molecule has 0 saturated heterocycles. The smallest absolute Gasteiger partial charge is 0.425 e. The zero-order valence-electron chi connectivity index (χ0n) is 21.6. The Bertz CT molecular complexity index is 1230. The molecule has 2 rings (SSSR count). The molecule has 0 spiro atoms. The van der Waals surface area contributed by atoms with E-state index in [-0.39, 0.29) is 10.3 Å². The number of carbonyl (C=O) groups excluding carboxylic acids is 1. The van der Waals surface area contributed by atoms with Gasteiger partial charge in [-0.25, -0.2) is 22.4 Å². The lowest BCUT2D eigenvalue weighted by atomic mass is 9.84. The molecule has 0 bridgehead atoms. The van der Waals surface area contributed by atoms with Gasteiger partial charge in [0.1, 0.15) is 27.5 Å². The van der Waals surface area contributed by atoms with Gasteiger partial charge in [-0.1, -0.05) is 20.8 Å². The normalized spacial score (nSPS) is 21.3. The van der Waals surface area contributed by atoms with Crippen LogP contribution in [0.25, 0.3) is 0 Å². The van der Waals surface area contributed by atoms with E-state index in [2.05, 4.69) is 4.99 Å². The first-order chi connectivity index (χ1) is 16.0. The average Bonchev–Trinajstić information content (AvgIpc) is 2.63. The molecule has 1 aliphatic heterocycles. The number of nitrogens with zero attached hydrogens (tertiary/aromatic N) is 3. The lowest BCUT2D eigenvalue weighted by molar-refractivity contribution is -0.385. The Morgan fingerprint density at radius 2 is 1.78 bits per heavy atom. The second kappa shape index (κ2) is 9.09. The maximum absolute atomic E-state index is 14.8. The van der Waals surface area contributed by atoms with E-state index >= 15 is 0 Å². The van der Waals surface area contributed by atoms with Crippen LogP contribution in [0.3, 0.4) is 0 Å². The van der Waals surface area contributed by atoms with E-state index < -0.39 is 71.5 Å². The van der Waals surface area contributed by atoms with Crippen LogP contribution < -0.4 is 0 Å². The summed E-state index contributed by atoms with van der Waals surface area (Å²) in [5, 5.41) is 21.2. The summed E-state index contributed by atoms with van der Waals surface area (Å²) in [6.45, 7) is 12.4. The van der Waals surface area contributed by atoms with Gasteiger partial charge in [-0.2, -0.15) is 4.90 Å². The Morgan fingerprint density at radius 1 is 1.22 bits per heavy atom. The number of nitro benzene ring substituents is 1. The molecule has 1 N–H and O–H groups in total. The predicted octanol–water partition coefficient (Wildman–Crippen LogP) is 4.89. The van der Waals surface area contributed by atoms with Crippen molar-refractivity contribution in [3.63, 3.8) is 0 Å². The number of aliphatic imine (C=N–C) groups is 1. The van der Waals surface area contributed by atoms with E-state index in [1.807, 2.05) is 20.8 Å². The number of sulfone groups is 1. The second-order valence-electron chi connectivity index (χ2n) is 11.4. The molecule has 0 aromatic heterocycles. The minimum absolute atomic E-state index is 0.106. The van der Waals surface area contributed by atoms with Crippen molar-refractivity contribution in [3.8, 4) is 0 Å². The molecule has 1 atom stereocenters. The summed E-state index contributed by atoms with van der Waals surface area (Å²) in [6.07, 6.45) is -2.87. The first-order valence-corrected chi connectivity index (χ1v) is 12.7. The van der Waals surface area contributed by atoms with E-state index in [4.69, 9.17) is 4.74 Å². The fraction of sp³-hybridized carbons (Fsp3) is 0.609. The van der Waals surface area contributed by atoms with E-state index in [1.165, 1.54) is 20.8 Å². The van der Waals surface area contributed by atoms with Crippen LogP contribution in [0.2, 0.25) is 0 Å². The third-order valence-corrected chi connectivity index (χ3v) is 8.47. The Kier molecular flexibility index (Phi) is 7.36. The van der Waals surface area contributed by atoms with Gasteiger partial charge in [0.2, 0.25) is 0 Å². The number of imide groups is 1. The molecule has 0 fully saturated rings. The molecular weight excluding hydrogens is 497 g/mol. The summed E-state index contributed by atoms with van der Waals surface area (Å²) in [7, 11) is -4.28. The largest absolute Gasteiger partial charge is 0.464 e. The summed E-state index contributed by atoms with van der Waals surface area (Å²) < 4.78 is 45.0. The van der Waals surface area contributed by atoms with Gasteiger partial charge in [0.05, 0.1) is 10.7 Å². The van der Waals surface area contributed by atoms with Gasteiger partial charge in [0, 0.05) is 17.7 Å². The highest BCUT2D eigenvalue weighted by Crippen LogP contribution is 2.41. The molecular formula is C23H32FN3O8S. The molecule has 0 aliphatic carbocycles. The zero-order valence-corrected chi connectivity index (χ0v) is 22.4. The highest BCUT2D eigenvalue weighted by Gasteiger charge is 2.55. The summed E-state index contributed by atoms with van der Waals surface area (Å²) in [4.78, 5) is 40.2. The fourth-order valence-corrected chi connectivity index (χ4v) is 6.17. The molecule has 0 saturated carbocycles. The Labute approximate surface area is 209 Å². The van der Waals surface area contributed by atoms with Gasteiger partial charge in [-0.3, -0.25) is 15.1 Å². The highest BCUT2D eigenvalue weighted by atomic mass is 32.2. The quantitative estimate of drug-likeness (QED) is 0.427. The van der Waals surface area contributed by atoms with Crippen molar-refractivity contribution in [3.05, 3.63) is 39.7 Å². The SMILES string of the molecule is CC(C)(C)CC(C)(C)OC(=O)N(C(=O)O)C1=N[C@](C)(c2cc([N+](=O)[O-])ccc2F)CS(=O)(=O)C1(C)C. The number of carboxylic acid groups (broad SMARTS) is 1. The van der Waals surface area contributed by atoms with Crippen molar-refractivity contribution >= 4 is 33.5 Å². The lowest BCUT2D eigenvalue weighted by Crippen LogP contribution is -2.60. The number of halogens is 1. The van der Waals surface area contributed by atoms with E-state index in [9.17, 15) is 37.6 Å². The summed E-state index contributed by atoms with van der Waals surface area (Å²) in [5.74, 6) is -2.46. The number of rotatable bonds is 4.